The maximum Gasteiger partial charge on any atom is 0.325 e. The molecule has 0 spiro atoms. The highest BCUT2D eigenvalue weighted by Gasteiger charge is 2.63. The molecule has 0 aromatic heterocycles. The smallest absolute Gasteiger partial charge is 0.325 e. The highest BCUT2D eigenvalue weighted by molar-refractivity contribution is 5.82. The van der Waals surface area contributed by atoms with Crippen molar-refractivity contribution >= 4 is 11.9 Å². The van der Waals surface area contributed by atoms with Crippen LogP contribution in [0.15, 0.2) is 0 Å². The van der Waals surface area contributed by atoms with Gasteiger partial charge >= 0.3 is 5.97 Å². The highest BCUT2D eigenvalue weighted by Crippen LogP contribution is 2.69. The number of aliphatic hydroxyl groups is 1. The van der Waals surface area contributed by atoms with Crippen LogP contribution >= 0.6 is 0 Å². The summed E-state index contributed by atoms with van der Waals surface area (Å²) in [5.41, 5.74) is 0.0763. The van der Waals surface area contributed by atoms with E-state index in [1.54, 1.807) is 0 Å². The number of hydrogen-bond donors (Lipinski definition) is 2. The van der Waals surface area contributed by atoms with Crippen LogP contribution in [0.5, 0.6) is 0 Å². The lowest BCUT2D eigenvalue weighted by Crippen LogP contribution is -2.58. The summed E-state index contributed by atoms with van der Waals surface area (Å²) in [4.78, 5) is 24.1. The summed E-state index contributed by atoms with van der Waals surface area (Å²) in [6.07, 6.45) is 10.1. The number of hydrogen-bond acceptors (Lipinski definition) is 5. The molecule has 4 aliphatic carbocycles. The first-order chi connectivity index (χ1) is 15.8. The molecular weight excluding hydrogens is 430 g/mol. The van der Waals surface area contributed by atoms with Crippen LogP contribution in [-0.4, -0.2) is 47.9 Å². The van der Waals surface area contributed by atoms with Crippen molar-refractivity contribution in [3.05, 3.63) is 0 Å². The molecule has 1 amide bonds. The third-order valence-electron chi connectivity index (χ3n) is 10.6. The molecule has 6 heteroatoms. The zero-order valence-electron chi connectivity index (χ0n) is 22.2. The molecule has 7 unspecified atom stereocenters. The number of fused-ring (bicyclic) bond motifs is 5. The number of nitrogens with one attached hydrogen (secondary N) is 1. The predicted molar refractivity (Wildman–Crippen MR) is 131 cm³/mol. The maximum absolute atomic E-state index is 12.3. The van der Waals surface area contributed by atoms with E-state index in [1.807, 2.05) is 20.8 Å². The number of esters is 1. The van der Waals surface area contributed by atoms with Gasteiger partial charge in [0.05, 0.1) is 12.2 Å². The van der Waals surface area contributed by atoms with Gasteiger partial charge in [0, 0.05) is 0 Å². The Bertz CT molecular complexity index is 792. The molecule has 0 saturated heterocycles. The van der Waals surface area contributed by atoms with Gasteiger partial charge in [-0.25, -0.2) is 0 Å². The molecule has 0 aliphatic heterocycles. The fourth-order valence-electron chi connectivity index (χ4n) is 8.49. The Kier molecular flexibility index (Phi) is 6.91. The van der Waals surface area contributed by atoms with Crippen molar-refractivity contribution in [2.24, 2.45) is 34.0 Å². The average Bonchev–Trinajstić information content (AvgIpc) is 3.05. The summed E-state index contributed by atoms with van der Waals surface area (Å²) in [5, 5.41) is 13.3. The molecule has 6 nitrogen and oxygen atoms in total. The average molecular weight is 478 g/mol. The summed E-state index contributed by atoms with van der Waals surface area (Å²) in [5.74, 6) is 1.44. The third-order valence-corrected chi connectivity index (χ3v) is 10.6. The van der Waals surface area contributed by atoms with Crippen LogP contribution in [0.2, 0.25) is 0 Å². The SMILES string of the molecule is CC(C)(C)OC(=O)CNC(=O)CO[C@H]1CCC2(C)C3CCC4(C)C(O)CCC4C3CCC2(C)C1. The molecular formula is C28H47NO5. The van der Waals surface area contributed by atoms with Gasteiger partial charge in [-0.2, -0.15) is 0 Å². The Hall–Kier alpha value is -1.14. The molecule has 0 aromatic rings. The summed E-state index contributed by atoms with van der Waals surface area (Å²) in [6.45, 7) is 12.6. The standard InChI is InChI=1S/C28H47NO5/c1-25(2,3)34-24(32)16-29-23(31)17-33-18-9-14-28(6)21-11-13-27(5)20(7-8-22(27)30)19(21)10-12-26(28,4)15-18/h18-22,30H,7-17H2,1-6H3,(H,29,31)/t18-,19?,20?,21?,22?,26?,27?,28?/m0/s1. The molecule has 4 fully saturated rings. The lowest BCUT2D eigenvalue weighted by molar-refractivity contribution is -0.180. The van der Waals surface area contributed by atoms with E-state index in [9.17, 15) is 14.7 Å². The van der Waals surface area contributed by atoms with Crippen molar-refractivity contribution in [2.45, 2.75) is 117 Å². The van der Waals surface area contributed by atoms with E-state index < -0.39 is 11.6 Å². The van der Waals surface area contributed by atoms with Crippen molar-refractivity contribution in [1.82, 2.24) is 5.32 Å². The first-order valence-corrected chi connectivity index (χ1v) is 13.6. The fourth-order valence-corrected chi connectivity index (χ4v) is 8.49. The van der Waals surface area contributed by atoms with E-state index in [2.05, 4.69) is 26.1 Å². The van der Waals surface area contributed by atoms with Crippen molar-refractivity contribution < 1.29 is 24.2 Å². The zero-order chi connectivity index (χ0) is 24.9. The van der Waals surface area contributed by atoms with Crippen LogP contribution in [0, 0.1) is 34.0 Å². The van der Waals surface area contributed by atoms with Crippen LogP contribution in [-0.2, 0) is 19.1 Å². The minimum absolute atomic E-state index is 0.00930. The molecule has 4 rings (SSSR count). The normalized spacial score (nSPS) is 43.9. The zero-order valence-corrected chi connectivity index (χ0v) is 22.2. The largest absolute Gasteiger partial charge is 0.459 e. The van der Waals surface area contributed by atoms with E-state index >= 15 is 0 Å². The van der Waals surface area contributed by atoms with Crippen LogP contribution < -0.4 is 5.32 Å². The number of carbonyl (C=O) groups excluding carboxylic acids is 2. The van der Waals surface area contributed by atoms with Crippen molar-refractivity contribution in [1.29, 1.82) is 0 Å². The lowest BCUT2D eigenvalue weighted by atomic mass is 9.40. The summed E-state index contributed by atoms with van der Waals surface area (Å²) in [6, 6.07) is 0. The van der Waals surface area contributed by atoms with Crippen LogP contribution in [0.25, 0.3) is 0 Å². The number of carbonyl (C=O) groups is 2. The molecule has 0 radical (unpaired) electrons. The lowest BCUT2D eigenvalue weighted by Gasteiger charge is -2.65. The van der Waals surface area contributed by atoms with Crippen molar-refractivity contribution in [3.8, 4) is 0 Å². The van der Waals surface area contributed by atoms with Crippen molar-refractivity contribution in [3.63, 3.8) is 0 Å². The summed E-state index contributed by atoms with van der Waals surface area (Å²) >= 11 is 0. The molecule has 0 bridgehead atoms. The quantitative estimate of drug-likeness (QED) is 0.564. The molecule has 194 valence electrons. The first kappa shape index (κ1) is 25.9. The van der Waals surface area contributed by atoms with E-state index in [4.69, 9.17) is 9.47 Å². The van der Waals surface area contributed by atoms with Gasteiger partial charge in [-0.05, 0) is 113 Å². The first-order valence-electron chi connectivity index (χ1n) is 13.6. The van der Waals surface area contributed by atoms with Gasteiger partial charge in [-0.15, -0.1) is 0 Å². The second-order valence-electron chi connectivity index (χ2n) is 13.6. The number of amides is 1. The van der Waals surface area contributed by atoms with E-state index in [1.165, 1.54) is 25.7 Å². The highest BCUT2D eigenvalue weighted by atomic mass is 16.6. The van der Waals surface area contributed by atoms with E-state index in [-0.39, 0.29) is 42.1 Å². The molecule has 4 saturated carbocycles. The molecule has 34 heavy (non-hydrogen) atoms. The van der Waals surface area contributed by atoms with E-state index in [0.29, 0.717) is 11.3 Å². The Labute approximate surface area is 205 Å². The van der Waals surface area contributed by atoms with Gasteiger partial charge in [0.15, 0.2) is 0 Å². The minimum Gasteiger partial charge on any atom is -0.459 e. The Morgan fingerprint density at radius 2 is 1.71 bits per heavy atom. The second-order valence-corrected chi connectivity index (χ2v) is 13.6. The third kappa shape index (κ3) is 4.66. The second kappa shape index (κ2) is 9.06. The van der Waals surface area contributed by atoms with Gasteiger partial charge in [0.25, 0.3) is 0 Å². The molecule has 2 N–H and O–H groups in total. The molecule has 0 aromatic carbocycles. The van der Waals surface area contributed by atoms with Gasteiger partial charge in [-0.1, -0.05) is 20.8 Å². The van der Waals surface area contributed by atoms with Gasteiger partial charge in [0.2, 0.25) is 5.91 Å². The van der Waals surface area contributed by atoms with Gasteiger partial charge < -0.3 is 19.9 Å². The molecule has 8 atom stereocenters. The summed E-state index contributed by atoms with van der Waals surface area (Å²) in [7, 11) is 0. The number of aliphatic hydroxyl groups excluding tert-OH is 1. The monoisotopic (exact) mass is 477 g/mol. The summed E-state index contributed by atoms with van der Waals surface area (Å²) < 4.78 is 11.3. The van der Waals surface area contributed by atoms with Gasteiger partial charge in [0.1, 0.15) is 18.8 Å². The van der Waals surface area contributed by atoms with E-state index in [0.717, 1.165) is 43.9 Å². The Morgan fingerprint density at radius 1 is 0.971 bits per heavy atom. The maximum atomic E-state index is 12.3. The van der Waals surface area contributed by atoms with Gasteiger partial charge in [-0.3, -0.25) is 9.59 Å². The fraction of sp³-hybridized carbons (Fsp3) is 0.929. The van der Waals surface area contributed by atoms with Crippen LogP contribution in [0.4, 0.5) is 0 Å². The van der Waals surface area contributed by atoms with Crippen molar-refractivity contribution in [2.75, 3.05) is 13.2 Å². The Balaban J connectivity index is 1.31. The van der Waals surface area contributed by atoms with Crippen LogP contribution in [0.3, 0.4) is 0 Å². The molecule has 4 aliphatic rings. The topological polar surface area (TPSA) is 84.9 Å². The number of rotatable bonds is 5. The van der Waals surface area contributed by atoms with Crippen LogP contribution in [0.1, 0.15) is 99.3 Å². The number of ether oxygens (including phenoxy) is 2. The predicted octanol–water partition coefficient (Wildman–Crippen LogP) is 4.62. The molecule has 0 heterocycles. The minimum atomic E-state index is -0.559. The Morgan fingerprint density at radius 3 is 2.41 bits per heavy atom.